The van der Waals surface area contributed by atoms with Gasteiger partial charge in [-0.2, -0.15) is 4.31 Å². The SMILES string of the molecule is CCC(C)NC(=O)C(CC)N(Cc1ccccc1)C(=O)CN(C)S(=O)(=O)c1ccc(C)cc1. The summed E-state index contributed by atoms with van der Waals surface area (Å²) in [5, 5.41) is 2.95. The monoisotopic (exact) mass is 473 g/mol. The van der Waals surface area contributed by atoms with Crippen molar-refractivity contribution < 1.29 is 18.0 Å². The first kappa shape index (κ1) is 26.5. The number of likely N-dealkylation sites (N-methyl/N-ethyl adjacent to an activating group) is 1. The maximum Gasteiger partial charge on any atom is 0.243 e. The van der Waals surface area contributed by atoms with Crippen LogP contribution in [0.5, 0.6) is 0 Å². The van der Waals surface area contributed by atoms with E-state index in [9.17, 15) is 18.0 Å². The average molecular weight is 474 g/mol. The number of carbonyl (C=O) groups is 2. The molecular formula is C25H35N3O4S. The van der Waals surface area contributed by atoms with Crippen molar-refractivity contribution >= 4 is 21.8 Å². The zero-order chi connectivity index (χ0) is 24.6. The second-order valence-corrected chi connectivity index (χ2v) is 10.4. The van der Waals surface area contributed by atoms with Crippen LogP contribution in [-0.4, -0.2) is 55.1 Å². The zero-order valence-electron chi connectivity index (χ0n) is 20.1. The predicted molar refractivity (Wildman–Crippen MR) is 130 cm³/mol. The molecule has 2 aromatic rings. The molecule has 0 fully saturated rings. The predicted octanol–water partition coefficient (Wildman–Crippen LogP) is 3.34. The lowest BCUT2D eigenvalue weighted by Gasteiger charge is -2.32. The Balaban J connectivity index is 2.29. The van der Waals surface area contributed by atoms with E-state index in [-0.39, 0.29) is 29.9 Å². The number of nitrogens with one attached hydrogen (secondary N) is 1. The Bertz CT molecular complexity index is 1020. The van der Waals surface area contributed by atoms with Gasteiger partial charge in [-0.1, -0.05) is 61.9 Å². The topological polar surface area (TPSA) is 86.8 Å². The maximum absolute atomic E-state index is 13.4. The Hall–Kier alpha value is -2.71. The third kappa shape index (κ3) is 7.14. The highest BCUT2D eigenvalue weighted by Gasteiger charge is 2.32. The van der Waals surface area contributed by atoms with Crippen LogP contribution in [0.25, 0.3) is 0 Å². The number of nitrogens with zero attached hydrogens (tertiary/aromatic N) is 2. The van der Waals surface area contributed by atoms with Gasteiger partial charge in [-0.15, -0.1) is 0 Å². The molecule has 0 saturated carbocycles. The molecule has 2 unspecified atom stereocenters. The van der Waals surface area contributed by atoms with Crippen molar-refractivity contribution in [2.24, 2.45) is 0 Å². The fraction of sp³-hybridized carbons (Fsp3) is 0.440. The van der Waals surface area contributed by atoms with E-state index in [1.54, 1.807) is 12.1 Å². The van der Waals surface area contributed by atoms with E-state index in [0.717, 1.165) is 21.9 Å². The number of rotatable bonds is 11. The highest BCUT2D eigenvalue weighted by molar-refractivity contribution is 7.89. The van der Waals surface area contributed by atoms with Gasteiger partial charge < -0.3 is 10.2 Å². The first-order chi connectivity index (χ1) is 15.6. The van der Waals surface area contributed by atoms with E-state index in [4.69, 9.17) is 0 Å². The van der Waals surface area contributed by atoms with E-state index in [1.807, 2.05) is 58.0 Å². The van der Waals surface area contributed by atoms with Crippen molar-refractivity contribution in [1.82, 2.24) is 14.5 Å². The first-order valence-electron chi connectivity index (χ1n) is 11.3. The summed E-state index contributed by atoms with van der Waals surface area (Å²) < 4.78 is 27.0. The van der Waals surface area contributed by atoms with Gasteiger partial charge in [0.25, 0.3) is 0 Å². The van der Waals surface area contributed by atoms with Gasteiger partial charge in [0.2, 0.25) is 21.8 Å². The van der Waals surface area contributed by atoms with Crippen LogP contribution in [-0.2, 0) is 26.2 Å². The minimum absolute atomic E-state index is 0.0233. The van der Waals surface area contributed by atoms with Crippen molar-refractivity contribution in [3.63, 3.8) is 0 Å². The largest absolute Gasteiger partial charge is 0.352 e. The highest BCUT2D eigenvalue weighted by Crippen LogP contribution is 2.17. The Kier molecular flexibility index (Phi) is 9.61. The molecule has 180 valence electrons. The summed E-state index contributed by atoms with van der Waals surface area (Å²) in [6.07, 6.45) is 1.18. The molecule has 0 aliphatic heterocycles. The Labute approximate surface area is 197 Å². The Morgan fingerprint density at radius 2 is 1.58 bits per heavy atom. The minimum atomic E-state index is -3.85. The zero-order valence-corrected chi connectivity index (χ0v) is 20.9. The van der Waals surface area contributed by atoms with Crippen LogP contribution >= 0.6 is 0 Å². The summed E-state index contributed by atoms with van der Waals surface area (Å²) in [6.45, 7) is 7.46. The molecule has 0 aromatic heterocycles. The van der Waals surface area contributed by atoms with Gasteiger partial charge in [0.15, 0.2) is 0 Å². The van der Waals surface area contributed by atoms with Crippen molar-refractivity contribution in [1.29, 1.82) is 0 Å². The van der Waals surface area contributed by atoms with Crippen LogP contribution in [0.15, 0.2) is 59.5 Å². The Morgan fingerprint density at radius 3 is 2.12 bits per heavy atom. The molecule has 2 atom stereocenters. The van der Waals surface area contributed by atoms with Gasteiger partial charge in [0, 0.05) is 19.6 Å². The van der Waals surface area contributed by atoms with Gasteiger partial charge in [0.1, 0.15) is 6.04 Å². The van der Waals surface area contributed by atoms with E-state index < -0.39 is 22.0 Å². The molecule has 7 nitrogen and oxygen atoms in total. The molecule has 33 heavy (non-hydrogen) atoms. The number of hydrogen-bond acceptors (Lipinski definition) is 4. The van der Waals surface area contributed by atoms with Gasteiger partial charge in [-0.05, 0) is 44.4 Å². The van der Waals surface area contributed by atoms with Crippen LogP contribution in [0.3, 0.4) is 0 Å². The molecule has 0 aliphatic carbocycles. The molecule has 1 N–H and O–H groups in total. The van der Waals surface area contributed by atoms with Crippen molar-refractivity contribution in [3.05, 3.63) is 65.7 Å². The maximum atomic E-state index is 13.4. The molecule has 2 rings (SSSR count). The second-order valence-electron chi connectivity index (χ2n) is 8.32. The van der Waals surface area contributed by atoms with Crippen molar-refractivity contribution in [2.45, 2.75) is 64.1 Å². The van der Waals surface area contributed by atoms with Gasteiger partial charge in [-0.3, -0.25) is 9.59 Å². The number of sulfonamides is 1. The quantitative estimate of drug-likeness (QED) is 0.542. The summed E-state index contributed by atoms with van der Waals surface area (Å²) in [6, 6.07) is 15.1. The lowest BCUT2D eigenvalue weighted by atomic mass is 10.1. The third-order valence-corrected chi connectivity index (χ3v) is 7.49. The van der Waals surface area contributed by atoms with Crippen molar-refractivity contribution in [2.75, 3.05) is 13.6 Å². The minimum Gasteiger partial charge on any atom is -0.352 e. The summed E-state index contributed by atoms with van der Waals surface area (Å²) in [4.78, 5) is 28.0. The van der Waals surface area contributed by atoms with Gasteiger partial charge in [0.05, 0.1) is 11.4 Å². The van der Waals surface area contributed by atoms with Gasteiger partial charge >= 0.3 is 0 Å². The number of benzene rings is 2. The van der Waals surface area contributed by atoms with Crippen LogP contribution in [0, 0.1) is 6.92 Å². The molecule has 0 spiro atoms. The second kappa shape index (κ2) is 12.0. The first-order valence-corrected chi connectivity index (χ1v) is 12.7. The standard InChI is InChI=1S/C25H35N3O4S/c1-6-20(4)26-25(30)23(7-2)28(17-21-11-9-8-10-12-21)24(29)18-27(5)33(31,32)22-15-13-19(3)14-16-22/h8-16,20,23H,6-7,17-18H2,1-5H3,(H,26,30). The highest BCUT2D eigenvalue weighted by atomic mass is 32.2. The molecule has 2 aromatic carbocycles. The molecule has 0 heterocycles. The van der Waals surface area contributed by atoms with Crippen LogP contribution in [0.2, 0.25) is 0 Å². The molecular weight excluding hydrogens is 438 g/mol. The Morgan fingerprint density at radius 1 is 0.970 bits per heavy atom. The third-order valence-electron chi connectivity index (χ3n) is 5.67. The van der Waals surface area contributed by atoms with Crippen LogP contribution in [0.1, 0.15) is 44.7 Å². The lowest BCUT2D eigenvalue weighted by Crippen LogP contribution is -2.53. The molecule has 2 amide bonds. The van der Waals surface area contributed by atoms with Crippen LogP contribution < -0.4 is 5.32 Å². The van der Waals surface area contributed by atoms with E-state index >= 15 is 0 Å². The van der Waals surface area contributed by atoms with E-state index in [2.05, 4.69) is 5.32 Å². The van der Waals surface area contributed by atoms with E-state index in [1.165, 1.54) is 24.1 Å². The summed E-state index contributed by atoms with van der Waals surface area (Å²) >= 11 is 0. The molecule has 0 radical (unpaired) electrons. The fourth-order valence-corrected chi connectivity index (χ4v) is 4.52. The summed E-state index contributed by atoms with van der Waals surface area (Å²) in [5.41, 5.74) is 1.81. The number of aryl methyl sites for hydroxylation is 1. The van der Waals surface area contributed by atoms with Gasteiger partial charge in [-0.25, -0.2) is 8.42 Å². The van der Waals surface area contributed by atoms with Crippen molar-refractivity contribution in [3.8, 4) is 0 Å². The average Bonchev–Trinajstić information content (AvgIpc) is 2.79. The summed E-state index contributed by atoms with van der Waals surface area (Å²) in [5.74, 6) is -0.664. The normalized spacial score (nSPS) is 13.4. The van der Waals surface area contributed by atoms with Crippen LogP contribution in [0.4, 0.5) is 0 Å². The molecule has 0 saturated heterocycles. The molecule has 8 heteroatoms. The lowest BCUT2D eigenvalue weighted by molar-refractivity contribution is -0.141. The summed E-state index contributed by atoms with van der Waals surface area (Å²) in [7, 11) is -2.46. The molecule has 0 bridgehead atoms. The number of amides is 2. The number of carbonyl (C=O) groups excluding carboxylic acids is 2. The van der Waals surface area contributed by atoms with E-state index in [0.29, 0.717) is 6.42 Å². The molecule has 0 aliphatic rings. The number of hydrogen-bond donors (Lipinski definition) is 1. The smallest absolute Gasteiger partial charge is 0.243 e. The fourth-order valence-electron chi connectivity index (χ4n) is 3.40.